The van der Waals surface area contributed by atoms with Gasteiger partial charge in [-0.2, -0.15) is 0 Å². The Balaban J connectivity index is 1.41. The molecule has 0 unspecified atom stereocenters. The highest BCUT2D eigenvalue weighted by Gasteiger charge is 2.26. The zero-order valence-corrected chi connectivity index (χ0v) is 15.2. The lowest BCUT2D eigenvalue weighted by atomic mass is 9.87. The molecule has 0 spiro atoms. The molecular weight excluding hydrogens is 340 g/mol. The number of aromatic amines is 1. The summed E-state index contributed by atoms with van der Waals surface area (Å²) in [6.07, 6.45) is 2.10. The third kappa shape index (κ3) is 3.58. The first kappa shape index (κ1) is 17.3. The zero-order valence-electron chi connectivity index (χ0n) is 15.2. The van der Waals surface area contributed by atoms with Crippen molar-refractivity contribution < 1.29 is 14.3 Å². The van der Waals surface area contributed by atoms with Gasteiger partial charge in [-0.25, -0.2) is 4.79 Å². The standard InChI is InChI=1S/C22H22N2O3/c1-14(27-22(26)20-13-16-8-3-5-11-18(16)23-20)21(25)24-19-12-6-9-15-7-2-4-10-17(15)19/h2-5,7-8,10-11,13-14,19,23H,6,9,12H2,1H3,(H,24,25)/t14-,19+/m1/s1. The molecule has 0 bridgehead atoms. The first-order valence-electron chi connectivity index (χ1n) is 9.29. The number of hydrogen-bond donors (Lipinski definition) is 2. The summed E-state index contributed by atoms with van der Waals surface area (Å²) in [5.41, 5.74) is 3.64. The first-order valence-corrected chi connectivity index (χ1v) is 9.29. The fourth-order valence-corrected chi connectivity index (χ4v) is 3.65. The third-order valence-corrected chi connectivity index (χ3v) is 5.09. The highest BCUT2D eigenvalue weighted by molar-refractivity contribution is 5.96. The van der Waals surface area contributed by atoms with Crippen LogP contribution < -0.4 is 5.32 Å². The molecule has 138 valence electrons. The predicted octanol–water partition coefficient (Wildman–Crippen LogP) is 3.91. The average Bonchev–Trinajstić information content (AvgIpc) is 3.12. The van der Waals surface area contributed by atoms with Crippen LogP contribution in [0.4, 0.5) is 0 Å². The van der Waals surface area contributed by atoms with Crippen LogP contribution in [0.5, 0.6) is 0 Å². The van der Waals surface area contributed by atoms with Crippen molar-refractivity contribution in [3.05, 3.63) is 71.4 Å². The van der Waals surface area contributed by atoms with E-state index < -0.39 is 12.1 Å². The van der Waals surface area contributed by atoms with Gasteiger partial charge in [-0.15, -0.1) is 0 Å². The summed E-state index contributed by atoms with van der Waals surface area (Å²) < 4.78 is 5.38. The minimum atomic E-state index is -0.863. The van der Waals surface area contributed by atoms with Gasteiger partial charge >= 0.3 is 5.97 Å². The van der Waals surface area contributed by atoms with Crippen LogP contribution in [-0.2, 0) is 16.0 Å². The van der Waals surface area contributed by atoms with Gasteiger partial charge in [-0.3, -0.25) is 4.79 Å². The molecule has 0 radical (unpaired) electrons. The summed E-state index contributed by atoms with van der Waals surface area (Å²) in [6, 6.07) is 17.5. The SMILES string of the molecule is C[C@@H](OC(=O)c1cc2ccccc2[nH]1)C(=O)N[C@H]1CCCc2ccccc21. The van der Waals surface area contributed by atoms with Crippen LogP contribution in [-0.4, -0.2) is 23.0 Å². The normalized spacial score (nSPS) is 17.1. The molecule has 5 heteroatoms. The molecule has 2 N–H and O–H groups in total. The van der Waals surface area contributed by atoms with Crippen LogP contribution in [0.25, 0.3) is 10.9 Å². The lowest BCUT2D eigenvalue weighted by Gasteiger charge is -2.27. The second-order valence-corrected chi connectivity index (χ2v) is 6.97. The molecule has 0 aliphatic heterocycles. The molecule has 1 aliphatic rings. The molecule has 1 aromatic heterocycles. The summed E-state index contributed by atoms with van der Waals surface area (Å²) in [6.45, 7) is 1.60. The molecule has 3 aromatic rings. The number of rotatable bonds is 4. The van der Waals surface area contributed by atoms with E-state index >= 15 is 0 Å². The van der Waals surface area contributed by atoms with E-state index in [0.717, 1.165) is 35.7 Å². The molecule has 4 rings (SSSR count). The largest absolute Gasteiger partial charge is 0.448 e. The maximum atomic E-state index is 12.6. The number of H-pyrrole nitrogens is 1. The first-order chi connectivity index (χ1) is 13.1. The van der Waals surface area contributed by atoms with Gasteiger partial charge in [-0.1, -0.05) is 42.5 Å². The summed E-state index contributed by atoms with van der Waals surface area (Å²) in [5.74, 6) is -0.806. The molecule has 0 saturated carbocycles. The van der Waals surface area contributed by atoms with Gasteiger partial charge in [0.1, 0.15) is 5.69 Å². The molecular formula is C22H22N2O3. The number of para-hydroxylation sites is 1. The molecule has 5 nitrogen and oxygen atoms in total. The Bertz CT molecular complexity index is 959. The van der Waals surface area contributed by atoms with E-state index in [1.165, 1.54) is 5.56 Å². The number of esters is 1. The number of fused-ring (bicyclic) bond motifs is 2. The topological polar surface area (TPSA) is 71.2 Å². The van der Waals surface area contributed by atoms with Crippen molar-refractivity contribution in [1.29, 1.82) is 0 Å². The summed E-state index contributed by atoms with van der Waals surface area (Å²) in [7, 11) is 0. The minimum absolute atomic E-state index is 0.0309. The second kappa shape index (κ2) is 7.27. The van der Waals surface area contributed by atoms with Crippen LogP contribution in [0.1, 0.15) is 47.4 Å². The quantitative estimate of drug-likeness (QED) is 0.691. The fraction of sp³-hybridized carbons (Fsp3) is 0.273. The van der Waals surface area contributed by atoms with E-state index in [9.17, 15) is 9.59 Å². The van der Waals surface area contributed by atoms with E-state index in [-0.39, 0.29) is 11.9 Å². The van der Waals surface area contributed by atoms with Gasteiger partial charge in [0.25, 0.3) is 5.91 Å². The Labute approximate surface area is 157 Å². The minimum Gasteiger partial charge on any atom is -0.448 e. The maximum Gasteiger partial charge on any atom is 0.355 e. The molecule has 2 aromatic carbocycles. The van der Waals surface area contributed by atoms with Crippen molar-refractivity contribution in [2.45, 2.75) is 38.3 Å². The smallest absolute Gasteiger partial charge is 0.355 e. The third-order valence-electron chi connectivity index (χ3n) is 5.09. The van der Waals surface area contributed by atoms with Gasteiger partial charge in [0.15, 0.2) is 6.10 Å². The number of aryl methyl sites for hydroxylation is 1. The van der Waals surface area contributed by atoms with E-state index in [2.05, 4.69) is 22.4 Å². The summed E-state index contributed by atoms with van der Waals surface area (Å²) >= 11 is 0. The maximum absolute atomic E-state index is 12.6. The number of aromatic nitrogens is 1. The highest BCUT2D eigenvalue weighted by Crippen LogP contribution is 2.29. The van der Waals surface area contributed by atoms with Gasteiger partial charge in [0.2, 0.25) is 0 Å². The van der Waals surface area contributed by atoms with Crippen molar-refractivity contribution in [3.8, 4) is 0 Å². The van der Waals surface area contributed by atoms with Crippen LogP contribution in [0.15, 0.2) is 54.6 Å². The molecule has 1 aliphatic carbocycles. The number of hydrogen-bond acceptors (Lipinski definition) is 3. The van der Waals surface area contributed by atoms with Crippen molar-refractivity contribution in [2.24, 2.45) is 0 Å². The Kier molecular flexibility index (Phi) is 4.67. The van der Waals surface area contributed by atoms with E-state index in [4.69, 9.17) is 4.74 Å². The monoisotopic (exact) mass is 362 g/mol. The van der Waals surface area contributed by atoms with E-state index in [0.29, 0.717) is 5.69 Å². The van der Waals surface area contributed by atoms with Crippen LogP contribution in [0.2, 0.25) is 0 Å². The molecule has 1 amide bonds. The van der Waals surface area contributed by atoms with Gasteiger partial charge in [0.05, 0.1) is 6.04 Å². The highest BCUT2D eigenvalue weighted by atomic mass is 16.5. The van der Waals surface area contributed by atoms with Crippen LogP contribution >= 0.6 is 0 Å². The fourth-order valence-electron chi connectivity index (χ4n) is 3.65. The lowest BCUT2D eigenvalue weighted by molar-refractivity contribution is -0.130. The van der Waals surface area contributed by atoms with E-state index in [1.807, 2.05) is 36.4 Å². The van der Waals surface area contributed by atoms with Crippen molar-refractivity contribution in [1.82, 2.24) is 10.3 Å². The number of ether oxygens (including phenoxy) is 1. The summed E-state index contributed by atoms with van der Waals surface area (Å²) in [4.78, 5) is 28.0. The van der Waals surface area contributed by atoms with Crippen molar-refractivity contribution >= 4 is 22.8 Å². The van der Waals surface area contributed by atoms with Crippen LogP contribution in [0.3, 0.4) is 0 Å². The number of nitrogens with one attached hydrogen (secondary N) is 2. The zero-order chi connectivity index (χ0) is 18.8. The van der Waals surface area contributed by atoms with Crippen molar-refractivity contribution in [2.75, 3.05) is 0 Å². The average molecular weight is 362 g/mol. The number of amides is 1. The number of carbonyl (C=O) groups excluding carboxylic acids is 2. The Morgan fingerprint density at radius 2 is 1.93 bits per heavy atom. The Hall–Kier alpha value is -3.08. The molecule has 0 fully saturated rings. The van der Waals surface area contributed by atoms with Gasteiger partial charge in [0, 0.05) is 10.9 Å². The summed E-state index contributed by atoms with van der Waals surface area (Å²) in [5, 5.41) is 3.96. The number of benzene rings is 2. The molecule has 0 saturated heterocycles. The molecule has 27 heavy (non-hydrogen) atoms. The predicted molar refractivity (Wildman–Crippen MR) is 103 cm³/mol. The lowest BCUT2D eigenvalue weighted by Crippen LogP contribution is -2.39. The van der Waals surface area contributed by atoms with E-state index in [1.54, 1.807) is 13.0 Å². The van der Waals surface area contributed by atoms with Crippen LogP contribution in [0, 0.1) is 0 Å². The second-order valence-electron chi connectivity index (χ2n) is 6.97. The van der Waals surface area contributed by atoms with Gasteiger partial charge in [-0.05, 0) is 49.4 Å². The Morgan fingerprint density at radius 1 is 1.15 bits per heavy atom. The molecule has 2 atom stereocenters. The van der Waals surface area contributed by atoms with Gasteiger partial charge < -0.3 is 15.0 Å². The number of carbonyl (C=O) groups is 2. The Morgan fingerprint density at radius 3 is 2.78 bits per heavy atom. The molecule has 1 heterocycles. The van der Waals surface area contributed by atoms with Crippen molar-refractivity contribution in [3.63, 3.8) is 0 Å².